The van der Waals surface area contributed by atoms with Crippen LogP contribution in [0.1, 0.15) is 50.3 Å². The largest absolute Gasteiger partial charge is 0.494 e. The van der Waals surface area contributed by atoms with Crippen molar-refractivity contribution in [3.8, 4) is 11.4 Å². The standard InChI is InChI=1S/C26H29FN4O5/c1-25(2,13-35-3)22-20(14-7-8-26(34,11-14)24(32)33)21-18(9-15-12-28-30-23(15)29-21)31(22)16-5-6-17(27)19(10-16)36-4/h5-6,9-10,12,14,34H,7-8,11,13H2,1-4H3,(H,32,33)(H,28,29,30)/t14-,26+/m1/s1. The zero-order valence-corrected chi connectivity index (χ0v) is 20.6. The number of aliphatic hydroxyl groups is 1. The predicted molar refractivity (Wildman–Crippen MR) is 131 cm³/mol. The van der Waals surface area contributed by atoms with Gasteiger partial charge in [-0.3, -0.25) is 5.10 Å². The van der Waals surface area contributed by atoms with E-state index in [9.17, 15) is 19.4 Å². The highest BCUT2D eigenvalue weighted by molar-refractivity contribution is 5.94. The molecule has 0 amide bonds. The predicted octanol–water partition coefficient (Wildman–Crippen LogP) is 4.06. The zero-order chi connectivity index (χ0) is 25.8. The molecule has 10 heteroatoms. The second-order valence-electron chi connectivity index (χ2n) is 10.2. The molecule has 5 rings (SSSR count). The van der Waals surface area contributed by atoms with Crippen molar-refractivity contribution in [2.24, 2.45) is 0 Å². The van der Waals surface area contributed by atoms with E-state index in [0.717, 1.165) is 22.2 Å². The highest BCUT2D eigenvalue weighted by Gasteiger charge is 2.47. The number of aliphatic carboxylic acids is 1. The Balaban J connectivity index is 1.88. The van der Waals surface area contributed by atoms with E-state index < -0.39 is 22.8 Å². The number of rotatable bonds is 7. The number of ether oxygens (including phenoxy) is 2. The van der Waals surface area contributed by atoms with Crippen molar-refractivity contribution in [2.45, 2.75) is 50.0 Å². The summed E-state index contributed by atoms with van der Waals surface area (Å²) < 4.78 is 27.2. The van der Waals surface area contributed by atoms with Crippen molar-refractivity contribution in [1.82, 2.24) is 19.7 Å². The number of pyridine rings is 1. The van der Waals surface area contributed by atoms with Gasteiger partial charge < -0.3 is 24.3 Å². The first-order valence-electron chi connectivity index (χ1n) is 11.8. The number of carboxylic acids is 1. The van der Waals surface area contributed by atoms with Gasteiger partial charge in [-0.2, -0.15) is 5.10 Å². The van der Waals surface area contributed by atoms with Gasteiger partial charge >= 0.3 is 5.97 Å². The summed E-state index contributed by atoms with van der Waals surface area (Å²) in [5, 5.41) is 28.3. The van der Waals surface area contributed by atoms with Crippen molar-refractivity contribution in [3.05, 3.63) is 47.5 Å². The van der Waals surface area contributed by atoms with Crippen LogP contribution in [0.3, 0.4) is 0 Å². The van der Waals surface area contributed by atoms with E-state index in [4.69, 9.17) is 14.5 Å². The molecule has 3 heterocycles. The molecule has 0 saturated heterocycles. The Labute approximate surface area is 206 Å². The third-order valence-electron chi connectivity index (χ3n) is 7.22. The van der Waals surface area contributed by atoms with Crippen molar-refractivity contribution < 1.29 is 28.9 Å². The molecule has 1 fully saturated rings. The molecule has 190 valence electrons. The number of aromatic amines is 1. The van der Waals surface area contributed by atoms with Crippen molar-refractivity contribution in [2.75, 3.05) is 20.8 Å². The molecule has 3 N–H and O–H groups in total. The van der Waals surface area contributed by atoms with Crippen molar-refractivity contribution >= 4 is 28.0 Å². The van der Waals surface area contributed by atoms with E-state index in [1.54, 1.807) is 25.4 Å². The minimum Gasteiger partial charge on any atom is -0.494 e. The van der Waals surface area contributed by atoms with Crippen molar-refractivity contribution in [3.63, 3.8) is 0 Å². The molecule has 4 aromatic rings. The van der Waals surface area contributed by atoms with Gasteiger partial charge in [0.2, 0.25) is 0 Å². The number of methoxy groups -OCH3 is 2. The second-order valence-corrected chi connectivity index (χ2v) is 10.2. The fraction of sp³-hybridized carbons (Fsp3) is 0.423. The fourth-order valence-electron chi connectivity index (χ4n) is 5.59. The number of halogens is 1. The zero-order valence-electron chi connectivity index (χ0n) is 20.6. The van der Waals surface area contributed by atoms with Gasteiger partial charge in [-0.1, -0.05) is 13.8 Å². The number of H-pyrrole nitrogens is 1. The van der Waals surface area contributed by atoms with Crippen LogP contribution >= 0.6 is 0 Å². The summed E-state index contributed by atoms with van der Waals surface area (Å²) in [5.41, 5.74) is 2.05. The maximum atomic E-state index is 14.4. The number of carboxylic acid groups (broad SMARTS) is 1. The molecule has 0 spiro atoms. The van der Waals surface area contributed by atoms with Crippen LogP contribution in [0.15, 0.2) is 30.5 Å². The normalized spacial score (nSPS) is 20.4. The number of aromatic nitrogens is 4. The summed E-state index contributed by atoms with van der Waals surface area (Å²) in [6.45, 7) is 4.44. The number of hydrogen-bond acceptors (Lipinski definition) is 6. The van der Waals surface area contributed by atoms with Crippen LogP contribution in [-0.4, -0.2) is 62.4 Å². The van der Waals surface area contributed by atoms with Gasteiger partial charge in [0.05, 0.1) is 30.9 Å². The quantitative estimate of drug-likeness (QED) is 0.353. The monoisotopic (exact) mass is 496 g/mol. The van der Waals surface area contributed by atoms with Gasteiger partial charge in [-0.25, -0.2) is 14.2 Å². The van der Waals surface area contributed by atoms with Gasteiger partial charge in [0.15, 0.2) is 22.8 Å². The number of nitrogens with zero attached hydrogens (tertiary/aromatic N) is 3. The van der Waals surface area contributed by atoms with Gasteiger partial charge in [0.1, 0.15) is 0 Å². The van der Waals surface area contributed by atoms with E-state index >= 15 is 0 Å². The highest BCUT2D eigenvalue weighted by Crippen LogP contribution is 2.49. The summed E-state index contributed by atoms with van der Waals surface area (Å²) in [7, 11) is 3.04. The van der Waals surface area contributed by atoms with Gasteiger partial charge in [0.25, 0.3) is 0 Å². The highest BCUT2D eigenvalue weighted by atomic mass is 19.1. The maximum Gasteiger partial charge on any atom is 0.335 e. The number of fused-ring (bicyclic) bond motifs is 2. The van der Waals surface area contributed by atoms with Gasteiger partial charge in [0, 0.05) is 40.9 Å². The van der Waals surface area contributed by atoms with E-state index in [1.165, 1.54) is 13.2 Å². The fourth-order valence-corrected chi connectivity index (χ4v) is 5.59. The summed E-state index contributed by atoms with van der Waals surface area (Å²) in [4.78, 5) is 16.8. The molecule has 1 aliphatic carbocycles. The lowest BCUT2D eigenvalue weighted by Crippen LogP contribution is -2.35. The lowest BCUT2D eigenvalue weighted by molar-refractivity contribution is -0.157. The third-order valence-corrected chi connectivity index (χ3v) is 7.22. The van der Waals surface area contributed by atoms with Gasteiger partial charge in [-0.05, 0) is 43.4 Å². The molecule has 0 bridgehead atoms. The molecular weight excluding hydrogens is 467 g/mol. The first-order valence-corrected chi connectivity index (χ1v) is 11.8. The molecule has 9 nitrogen and oxygen atoms in total. The second kappa shape index (κ2) is 8.56. The number of nitrogens with one attached hydrogen (secondary N) is 1. The molecule has 1 aliphatic rings. The van der Waals surface area contributed by atoms with Crippen LogP contribution in [0.2, 0.25) is 0 Å². The van der Waals surface area contributed by atoms with Crippen LogP contribution in [-0.2, 0) is 14.9 Å². The summed E-state index contributed by atoms with van der Waals surface area (Å²) in [5.74, 6) is -1.87. The summed E-state index contributed by atoms with van der Waals surface area (Å²) >= 11 is 0. The van der Waals surface area contributed by atoms with E-state index in [0.29, 0.717) is 29.9 Å². The average molecular weight is 497 g/mol. The first kappa shape index (κ1) is 24.2. The minimum atomic E-state index is -1.81. The molecule has 0 unspecified atom stereocenters. The molecule has 36 heavy (non-hydrogen) atoms. The van der Waals surface area contributed by atoms with E-state index in [2.05, 4.69) is 10.2 Å². The number of hydrogen-bond donors (Lipinski definition) is 3. The molecule has 3 aromatic heterocycles. The maximum absolute atomic E-state index is 14.4. The first-order chi connectivity index (χ1) is 17.1. The van der Waals surface area contributed by atoms with Crippen LogP contribution in [0.25, 0.3) is 27.8 Å². The molecule has 2 atom stereocenters. The topological polar surface area (TPSA) is 122 Å². The number of benzene rings is 1. The Bertz CT molecular complexity index is 1480. The number of carbonyl (C=O) groups is 1. The Morgan fingerprint density at radius 2 is 2.11 bits per heavy atom. The van der Waals surface area contributed by atoms with Crippen LogP contribution in [0, 0.1) is 5.82 Å². The molecule has 1 saturated carbocycles. The molecule has 1 aromatic carbocycles. The Hall–Kier alpha value is -3.50. The lowest BCUT2D eigenvalue weighted by Gasteiger charge is -2.29. The minimum absolute atomic E-state index is 0.0624. The third kappa shape index (κ3) is 3.72. The molecular formula is C26H29FN4O5. The van der Waals surface area contributed by atoms with Crippen molar-refractivity contribution in [1.29, 1.82) is 0 Å². The lowest BCUT2D eigenvalue weighted by atomic mass is 9.82. The Morgan fingerprint density at radius 1 is 1.33 bits per heavy atom. The van der Waals surface area contributed by atoms with Crippen LogP contribution in [0.4, 0.5) is 4.39 Å². The molecule has 0 radical (unpaired) electrons. The Morgan fingerprint density at radius 3 is 2.78 bits per heavy atom. The van der Waals surface area contributed by atoms with Crippen LogP contribution in [0.5, 0.6) is 5.75 Å². The van der Waals surface area contributed by atoms with E-state index in [-0.39, 0.29) is 24.5 Å². The average Bonchev–Trinajstić information content (AvgIpc) is 3.53. The van der Waals surface area contributed by atoms with E-state index in [1.807, 2.05) is 24.5 Å². The van der Waals surface area contributed by atoms with Crippen LogP contribution < -0.4 is 4.74 Å². The SMILES string of the molecule is COCC(C)(C)c1c([C@@H]2CC[C@@](O)(C(=O)O)C2)c2nc3[nH]ncc3cc2n1-c1ccc(F)c(OC)c1. The smallest absolute Gasteiger partial charge is 0.335 e. The summed E-state index contributed by atoms with van der Waals surface area (Å²) in [6.07, 6.45) is 2.36. The summed E-state index contributed by atoms with van der Waals surface area (Å²) in [6, 6.07) is 6.63. The van der Waals surface area contributed by atoms with Gasteiger partial charge in [-0.15, -0.1) is 0 Å². The molecule has 0 aliphatic heterocycles. The Kier molecular flexibility index (Phi) is 5.76.